The topological polar surface area (TPSA) is 51.3 Å². The number of benzene rings is 1. The van der Waals surface area contributed by atoms with Crippen molar-refractivity contribution in [1.29, 1.82) is 0 Å². The van der Waals surface area contributed by atoms with Gasteiger partial charge in [0.2, 0.25) is 0 Å². The van der Waals surface area contributed by atoms with Crippen molar-refractivity contribution in [2.75, 3.05) is 20.3 Å². The SMILES string of the molecule is COc1ccc2[nH]cc(C(=O)C3CCCOC3)c2c1. The van der Waals surface area contributed by atoms with Gasteiger partial charge >= 0.3 is 0 Å². The molecule has 1 unspecified atom stereocenters. The van der Waals surface area contributed by atoms with E-state index in [9.17, 15) is 4.79 Å². The molecule has 0 amide bonds. The zero-order chi connectivity index (χ0) is 13.2. The maximum absolute atomic E-state index is 12.5. The number of rotatable bonds is 3. The van der Waals surface area contributed by atoms with Crippen molar-refractivity contribution in [1.82, 2.24) is 4.98 Å². The lowest BCUT2D eigenvalue weighted by Gasteiger charge is -2.20. The summed E-state index contributed by atoms with van der Waals surface area (Å²) in [6, 6.07) is 5.72. The van der Waals surface area contributed by atoms with Crippen LogP contribution in [0.4, 0.5) is 0 Å². The normalized spacial score (nSPS) is 19.5. The fraction of sp³-hybridized carbons (Fsp3) is 0.400. The van der Waals surface area contributed by atoms with E-state index < -0.39 is 0 Å². The Bertz CT molecular complexity index is 596. The van der Waals surface area contributed by atoms with Crippen LogP contribution in [-0.4, -0.2) is 31.1 Å². The first kappa shape index (κ1) is 12.2. The van der Waals surface area contributed by atoms with Gasteiger partial charge in [-0.2, -0.15) is 0 Å². The molecule has 1 aliphatic rings. The first-order valence-electron chi connectivity index (χ1n) is 6.56. The number of methoxy groups -OCH3 is 1. The molecule has 0 saturated carbocycles. The smallest absolute Gasteiger partial charge is 0.170 e. The fourth-order valence-electron chi connectivity index (χ4n) is 2.60. The number of carbonyl (C=O) groups is 1. The summed E-state index contributed by atoms with van der Waals surface area (Å²) < 4.78 is 10.6. The Labute approximate surface area is 111 Å². The Hall–Kier alpha value is -1.81. The molecule has 0 aliphatic carbocycles. The summed E-state index contributed by atoms with van der Waals surface area (Å²) in [5, 5.41) is 0.926. The van der Waals surface area contributed by atoms with Crippen molar-refractivity contribution in [3.05, 3.63) is 30.0 Å². The minimum Gasteiger partial charge on any atom is -0.497 e. The van der Waals surface area contributed by atoms with Gasteiger partial charge in [0.25, 0.3) is 0 Å². The highest BCUT2D eigenvalue weighted by molar-refractivity contribution is 6.09. The first-order chi connectivity index (χ1) is 9.29. The standard InChI is InChI=1S/C15H17NO3/c1-18-11-4-5-14-12(7-11)13(8-16-14)15(17)10-3-2-6-19-9-10/h4-5,7-8,10,16H,2-3,6,9H2,1H3. The number of fused-ring (bicyclic) bond motifs is 1. The molecule has 4 nitrogen and oxygen atoms in total. The molecule has 2 heterocycles. The number of hydrogen-bond acceptors (Lipinski definition) is 3. The number of carbonyl (C=O) groups excluding carboxylic acids is 1. The maximum Gasteiger partial charge on any atom is 0.170 e. The van der Waals surface area contributed by atoms with Gasteiger partial charge in [-0.25, -0.2) is 0 Å². The van der Waals surface area contributed by atoms with Crippen LogP contribution >= 0.6 is 0 Å². The minimum atomic E-state index is -0.0149. The molecule has 0 spiro atoms. The number of ether oxygens (including phenoxy) is 2. The zero-order valence-corrected chi connectivity index (χ0v) is 10.9. The van der Waals surface area contributed by atoms with E-state index in [4.69, 9.17) is 9.47 Å². The van der Waals surface area contributed by atoms with Crippen molar-refractivity contribution in [2.24, 2.45) is 5.92 Å². The van der Waals surface area contributed by atoms with E-state index in [1.165, 1.54) is 0 Å². The average Bonchev–Trinajstić information content (AvgIpc) is 2.90. The van der Waals surface area contributed by atoms with Crippen LogP contribution in [0.1, 0.15) is 23.2 Å². The van der Waals surface area contributed by atoms with Gasteiger partial charge in [0.1, 0.15) is 5.75 Å². The van der Waals surface area contributed by atoms with Crippen LogP contribution in [0.2, 0.25) is 0 Å². The predicted molar refractivity (Wildman–Crippen MR) is 72.7 cm³/mol. The molecule has 1 aromatic carbocycles. The number of hydrogen-bond donors (Lipinski definition) is 1. The van der Waals surface area contributed by atoms with E-state index in [1.807, 2.05) is 18.2 Å². The van der Waals surface area contributed by atoms with Crippen LogP contribution in [0.5, 0.6) is 5.75 Å². The lowest BCUT2D eigenvalue weighted by atomic mass is 9.92. The molecule has 1 aromatic heterocycles. The third-order valence-corrected chi connectivity index (χ3v) is 3.69. The summed E-state index contributed by atoms with van der Waals surface area (Å²) in [5.74, 6) is 0.916. The molecule has 1 N–H and O–H groups in total. The van der Waals surface area contributed by atoms with Crippen LogP contribution in [0.25, 0.3) is 10.9 Å². The predicted octanol–water partition coefficient (Wildman–Crippen LogP) is 2.79. The van der Waals surface area contributed by atoms with Gasteiger partial charge in [-0.1, -0.05) is 0 Å². The van der Waals surface area contributed by atoms with Crippen molar-refractivity contribution < 1.29 is 14.3 Å². The summed E-state index contributed by atoms with van der Waals surface area (Å²) in [6.07, 6.45) is 3.67. The highest BCUT2D eigenvalue weighted by Crippen LogP contribution is 2.27. The average molecular weight is 259 g/mol. The molecule has 2 aromatic rings. The van der Waals surface area contributed by atoms with Crippen molar-refractivity contribution in [3.8, 4) is 5.75 Å². The Morgan fingerprint density at radius 3 is 3.11 bits per heavy atom. The summed E-state index contributed by atoms with van der Waals surface area (Å²) >= 11 is 0. The third-order valence-electron chi connectivity index (χ3n) is 3.69. The Morgan fingerprint density at radius 1 is 1.47 bits per heavy atom. The number of ketones is 1. The molecular formula is C15H17NO3. The Balaban J connectivity index is 1.97. The quantitative estimate of drug-likeness (QED) is 0.862. The van der Waals surface area contributed by atoms with E-state index in [1.54, 1.807) is 13.3 Å². The summed E-state index contributed by atoms with van der Waals surface area (Å²) in [5.41, 5.74) is 1.70. The zero-order valence-electron chi connectivity index (χ0n) is 10.9. The molecular weight excluding hydrogens is 242 g/mol. The molecule has 1 atom stereocenters. The molecule has 0 radical (unpaired) electrons. The van der Waals surface area contributed by atoms with Crippen LogP contribution < -0.4 is 4.74 Å². The molecule has 19 heavy (non-hydrogen) atoms. The first-order valence-corrected chi connectivity index (χ1v) is 6.56. The van der Waals surface area contributed by atoms with E-state index in [2.05, 4.69) is 4.98 Å². The number of nitrogens with one attached hydrogen (secondary N) is 1. The second-order valence-corrected chi connectivity index (χ2v) is 4.89. The van der Waals surface area contributed by atoms with E-state index in [0.717, 1.165) is 41.7 Å². The number of aromatic nitrogens is 1. The maximum atomic E-state index is 12.5. The molecule has 3 rings (SSSR count). The lowest BCUT2D eigenvalue weighted by Crippen LogP contribution is -2.25. The van der Waals surface area contributed by atoms with E-state index >= 15 is 0 Å². The Kier molecular flexibility index (Phi) is 3.25. The minimum absolute atomic E-state index is 0.0149. The summed E-state index contributed by atoms with van der Waals surface area (Å²) in [7, 11) is 1.63. The summed E-state index contributed by atoms with van der Waals surface area (Å²) in [4.78, 5) is 15.7. The molecule has 1 aliphatic heterocycles. The van der Waals surface area contributed by atoms with E-state index in [0.29, 0.717) is 6.61 Å². The Morgan fingerprint density at radius 2 is 2.37 bits per heavy atom. The molecule has 0 bridgehead atoms. The van der Waals surface area contributed by atoms with Crippen molar-refractivity contribution >= 4 is 16.7 Å². The second-order valence-electron chi connectivity index (χ2n) is 4.89. The van der Waals surface area contributed by atoms with Gasteiger partial charge in [0.05, 0.1) is 13.7 Å². The fourth-order valence-corrected chi connectivity index (χ4v) is 2.60. The van der Waals surface area contributed by atoms with Gasteiger partial charge < -0.3 is 14.5 Å². The van der Waals surface area contributed by atoms with E-state index in [-0.39, 0.29) is 11.7 Å². The number of aromatic amines is 1. The van der Waals surface area contributed by atoms with Gasteiger partial charge in [0.15, 0.2) is 5.78 Å². The highest BCUT2D eigenvalue weighted by atomic mass is 16.5. The third kappa shape index (κ3) is 2.24. The molecule has 1 fully saturated rings. The van der Waals surface area contributed by atoms with Crippen molar-refractivity contribution in [2.45, 2.75) is 12.8 Å². The van der Waals surface area contributed by atoms with Crippen LogP contribution in [0, 0.1) is 5.92 Å². The van der Waals surface area contributed by atoms with Crippen molar-refractivity contribution in [3.63, 3.8) is 0 Å². The van der Waals surface area contributed by atoms with Crippen LogP contribution in [0.3, 0.4) is 0 Å². The largest absolute Gasteiger partial charge is 0.497 e. The van der Waals surface area contributed by atoms with Gasteiger partial charge in [-0.3, -0.25) is 4.79 Å². The molecule has 100 valence electrons. The lowest BCUT2D eigenvalue weighted by molar-refractivity contribution is 0.0462. The van der Waals surface area contributed by atoms with Gasteiger partial charge in [-0.05, 0) is 31.0 Å². The number of Topliss-reactive ketones (excluding diaryl/α,β-unsaturated/α-hetero) is 1. The summed E-state index contributed by atoms with van der Waals surface area (Å²) in [6.45, 7) is 1.31. The number of H-pyrrole nitrogens is 1. The highest BCUT2D eigenvalue weighted by Gasteiger charge is 2.25. The second kappa shape index (κ2) is 5.05. The monoisotopic (exact) mass is 259 g/mol. The van der Waals surface area contributed by atoms with Crippen LogP contribution in [-0.2, 0) is 4.74 Å². The molecule has 1 saturated heterocycles. The van der Waals surface area contributed by atoms with Gasteiger partial charge in [0, 0.05) is 35.2 Å². The van der Waals surface area contributed by atoms with Crippen LogP contribution in [0.15, 0.2) is 24.4 Å². The van der Waals surface area contributed by atoms with Gasteiger partial charge in [-0.15, -0.1) is 0 Å². The molecule has 4 heteroatoms.